The molecule has 0 radical (unpaired) electrons. The van der Waals surface area contributed by atoms with E-state index in [0.717, 1.165) is 31.4 Å². The van der Waals surface area contributed by atoms with Gasteiger partial charge in [-0.2, -0.15) is 0 Å². The van der Waals surface area contributed by atoms with Crippen LogP contribution < -0.4 is 5.32 Å². The fourth-order valence-electron chi connectivity index (χ4n) is 2.61. The number of piperidine rings is 1. The average Bonchev–Trinajstić information content (AvgIpc) is 2.28. The van der Waals surface area contributed by atoms with Crippen molar-refractivity contribution in [2.75, 3.05) is 6.54 Å². The van der Waals surface area contributed by atoms with Gasteiger partial charge in [-0.15, -0.1) is 0 Å². The van der Waals surface area contributed by atoms with Crippen molar-refractivity contribution in [3.05, 3.63) is 34.6 Å². The molecule has 0 aromatic heterocycles. The Kier molecular flexibility index (Phi) is 3.77. The van der Waals surface area contributed by atoms with E-state index in [1.165, 1.54) is 6.07 Å². The topological polar surface area (TPSA) is 12.0 Å². The van der Waals surface area contributed by atoms with Crippen LogP contribution in [0.25, 0.3) is 0 Å². The molecular weight excluding hydrogens is 220 g/mol. The number of rotatable bonds is 2. The van der Waals surface area contributed by atoms with E-state index < -0.39 is 12.0 Å². The molecule has 0 saturated carbocycles. The van der Waals surface area contributed by atoms with E-state index in [1.54, 1.807) is 6.92 Å². The van der Waals surface area contributed by atoms with Crippen LogP contribution in [-0.2, 0) is 0 Å². The zero-order valence-electron chi connectivity index (χ0n) is 10.4. The molecule has 1 aliphatic rings. The van der Waals surface area contributed by atoms with Crippen LogP contribution in [0, 0.1) is 19.7 Å². The number of halogens is 2. The molecule has 1 fully saturated rings. The van der Waals surface area contributed by atoms with E-state index in [-0.39, 0.29) is 11.6 Å². The summed E-state index contributed by atoms with van der Waals surface area (Å²) in [7, 11) is 0. The number of alkyl halides is 1. The Morgan fingerprint density at radius 3 is 2.65 bits per heavy atom. The molecule has 0 bridgehead atoms. The van der Waals surface area contributed by atoms with Gasteiger partial charge < -0.3 is 5.32 Å². The second kappa shape index (κ2) is 5.13. The van der Waals surface area contributed by atoms with Crippen molar-refractivity contribution in [3.8, 4) is 0 Å². The molecule has 1 aromatic carbocycles. The molecule has 1 saturated heterocycles. The van der Waals surface area contributed by atoms with Crippen LogP contribution in [-0.4, -0.2) is 12.6 Å². The van der Waals surface area contributed by atoms with E-state index >= 15 is 0 Å². The van der Waals surface area contributed by atoms with Crippen molar-refractivity contribution in [2.24, 2.45) is 0 Å². The third-order valence-electron chi connectivity index (χ3n) is 3.46. The standard InChI is InChI=1S/C14H19F2N/c1-9-7-10(2)13(11(15)8-9)14(16)12-5-3-4-6-17-12/h7-8,12,14,17H,3-6H2,1-2H3. The number of hydrogen-bond donors (Lipinski definition) is 1. The summed E-state index contributed by atoms with van der Waals surface area (Å²) in [4.78, 5) is 0. The minimum absolute atomic E-state index is 0.231. The smallest absolute Gasteiger partial charge is 0.143 e. The summed E-state index contributed by atoms with van der Waals surface area (Å²) in [5.41, 5.74) is 1.78. The number of hydrogen-bond acceptors (Lipinski definition) is 1. The van der Waals surface area contributed by atoms with Crippen LogP contribution in [0.3, 0.4) is 0 Å². The highest BCUT2D eigenvalue weighted by molar-refractivity contribution is 5.34. The monoisotopic (exact) mass is 239 g/mol. The highest BCUT2D eigenvalue weighted by Crippen LogP contribution is 2.31. The molecule has 0 amide bonds. The van der Waals surface area contributed by atoms with E-state index in [4.69, 9.17) is 0 Å². The molecule has 1 heterocycles. The predicted molar refractivity (Wildman–Crippen MR) is 65.4 cm³/mol. The van der Waals surface area contributed by atoms with Crippen molar-refractivity contribution in [1.82, 2.24) is 5.32 Å². The molecule has 2 unspecified atom stereocenters. The molecule has 0 aliphatic carbocycles. The van der Waals surface area contributed by atoms with Gasteiger partial charge in [-0.25, -0.2) is 8.78 Å². The average molecular weight is 239 g/mol. The third kappa shape index (κ3) is 2.65. The molecule has 2 atom stereocenters. The Morgan fingerprint density at radius 1 is 1.29 bits per heavy atom. The largest absolute Gasteiger partial charge is 0.311 e. The second-order valence-corrected chi connectivity index (χ2v) is 4.94. The normalized spacial score (nSPS) is 22.5. The first-order chi connectivity index (χ1) is 8.09. The summed E-state index contributed by atoms with van der Waals surface area (Å²) in [6.45, 7) is 4.43. The second-order valence-electron chi connectivity index (χ2n) is 4.94. The highest BCUT2D eigenvalue weighted by atomic mass is 19.1. The first kappa shape index (κ1) is 12.5. The molecule has 94 valence electrons. The lowest BCUT2D eigenvalue weighted by molar-refractivity contribution is 0.215. The SMILES string of the molecule is Cc1cc(C)c(C(F)C2CCCCN2)c(F)c1. The van der Waals surface area contributed by atoms with E-state index in [1.807, 2.05) is 13.0 Å². The lowest BCUT2D eigenvalue weighted by Crippen LogP contribution is -2.37. The summed E-state index contributed by atoms with van der Waals surface area (Å²) in [6.07, 6.45) is 1.65. The summed E-state index contributed by atoms with van der Waals surface area (Å²) in [5.74, 6) is -0.414. The van der Waals surface area contributed by atoms with Gasteiger partial charge in [-0.1, -0.05) is 12.5 Å². The Labute approximate surface area is 101 Å². The van der Waals surface area contributed by atoms with Gasteiger partial charge in [0.25, 0.3) is 0 Å². The van der Waals surface area contributed by atoms with Crippen molar-refractivity contribution < 1.29 is 8.78 Å². The van der Waals surface area contributed by atoms with Gasteiger partial charge in [0.05, 0.1) is 0 Å². The van der Waals surface area contributed by atoms with Gasteiger partial charge in [0, 0.05) is 11.6 Å². The summed E-state index contributed by atoms with van der Waals surface area (Å²) < 4.78 is 28.2. The zero-order chi connectivity index (χ0) is 12.4. The van der Waals surface area contributed by atoms with Gasteiger partial charge >= 0.3 is 0 Å². The van der Waals surface area contributed by atoms with Crippen molar-refractivity contribution in [3.63, 3.8) is 0 Å². The van der Waals surface area contributed by atoms with E-state index in [9.17, 15) is 8.78 Å². The van der Waals surface area contributed by atoms with Crippen LogP contribution in [0.5, 0.6) is 0 Å². The Balaban J connectivity index is 2.26. The maximum absolute atomic E-state index is 14.4. The summed E-state index contributed by atoms with van der Waals surface area (Å²) in [6, 6.07) is 3.02. The Bertz CT molecular complexity index is 374. The highest BCUT2D eigenvalue weighted by Gasteiger charge is 2.27. The van der Waals surface area contributed by atoms with Crippen LogP contribution in [0.4, 0.5) is 8.78 Å². The summed E-state index contributed by atoms with van der Waals surface area (Å²) >= 11 is 0. The fourth-order valence-corrected chi connectivity index (χ4v) is 2.61. The molecule has 3 heteroatoms. The molecule has 1 N–H and O–H groups in total. The van der Waals surface area contributed by atoms with Gasteiger partial charge in [-0.3, -0.25) is 0 Å². The van der Waals surface area contributed by atoms with Crippen molar-refractivity contribution >= 4 is 0 Å². The molecule has 17 heavy (non-hydrogen) atoms. The van der Waals surface area contributed by atoms with Gasteiger partial charge in [0.2, 0.25) is 0 Å². The van der Waals surface area contributed by atoms with Gasteiger partial charge in [0.15, 0.2) is 0 Å². The molecule has 1 aromatic rings. The van der Waals surface area contributed by atoms with Crippen LogP contribution >= 0.6 is 0 Å². The van der Waals surface area contributed by atoms with Crippen LogP contribution in [0.15, 0.2) is 12.1 Å². The summed E-state index contributed by atoms with van der Waals surface area (Å²) in [5, 5.41) is 3.14. The molecule has 0 spiro atoms. The van der Waals surface area contributed by atoms with Crippen LogP contribution in [0.1, 0.15) is 42.1 Å². The fraction of sp³-hybridized carbons (Fsp3) is 0.571. The molecular formula is C14H19F2N. The Hall–Kier alpha value is -0.960. The lowest BCUT2D eigenvalue weighted by atomic mass is 9.92. The minimum atomic E-state index is -1.24. The number of nitrogens with one attached hydrogen (secondary N) is 1. The zero-order valence-corrected chi connectivity index (χ0v) is 10.4. The maximum Gasteiger partial charge on any atom is 0.143 e. The first-order valence-electron chi connectivity index (χ1n) is 6.23. The maximum atomic E-state index is 14.4. The van der Waals surface area contributed by atoms with Gasteiger partial charge in [0.1, 0.15) is 12.0 Å². The molecule has 1 nitrogen and oxygen atoms in total. The third-order valence-corrected chi connectivity index (χ3v) is 3.46. The molecule has 1 aliphatic heterocycles. The van der Waals surface area contributed by atoms with Crippen molar-refractivity contribution in [2.45, 2.75) is 45.3 Å². The quantitative estimate of drug-likeness (QED) is 0.831. The Morgan fingerprint density at radius 2 is 2.06 bits per heavy atom. The van der Waals surface area contributed by atoms with E-state index in [0.29, 0.717) is 5.56 Å². The number of aryl methyl sites for hydroxylation is 2. The lowest BCUT2D eigenvalue weighted by Gasteiger charge is -2.27. The van der Waals surface area contributed by atoms with Crippen molar-refractivity contribution in [1.29, 1.82) is 0 Å². The van der Waals surface area contributed by atoms with Gasteiger partial charge in [-0.05, 0) is 50.4 Å². The van der Waals surface area contributed by atoms with Crippen LogP contribution in [0.2, 0.25) is 0 Å². The minimum Gasteiger partial charge on any atom is -0.311 e. The first-order valence-corrected chi connectivity index (χ1v) is 6.23. The number of benzene rings is 1. The van der Waals surface area contributed by atoms with E-state index in [2.05, 4.69) is 5.32 Å². The molecule has 2 rings (SSSR count). The predicted octanol–water partition coefficient (Wildman–Crippen LogP) is 3.60.